The molecule has 0 saturated carbocycles. The first kappa shape index (κ1) is 17.2. The highest BCUT2D eigenvalue weighted by Crippen LogP contribution is 2.32. The Bertz CT molecular complexity index is 1040. The molecule has 0 bridgehead atoms. The Kier molecular flexibility index (Phi) is 4.36. The van der Waals surface area contributed by atoms with Crippen molar-refractivity contribution in [2.45, 2.75) is 6.18 Å². The van der Waals surface area contributed by atoms with Gasteiger partial charge in [0.25, 0.3) is 0 Å². The van der Waals surface area contributed by atoms with Gasteiger partial charge < -0.3 is 4.52 Å². The minimum absolute atomic E-state index is 0.344. The molecule has 136 valence electrons. The molecule has 0 amide bonds. The summed E-state index contributed by atoms with van der Waals surface area (Å²) in [6, 6.07) is 10.1. The van der Waals surface area contributed by atoms with Gasteiger partial charge in [0.05, 0.1) is 11.3 Å². The fourth-order valence-corrected chi connectivity index (χ4v) is 3.11. The van der Waals surface area contributed by atoms with Gasteiger partial charge in [-0.1, -0.05) is 17.3 Å². The fraction of sp³-hybridized carbons (Fsp3) is 0.0556. The predicted octanol–water partition coefficient (Wildman–Crippen LogP) is 5.62. The van der Waals surface area contributed by atoms with Crippen molar-refractivity contribution in [3.05, 3.63) is 65.8 Å². The molecule has 0 aliphatic rings. The Hall–Kier alpha value is -3.20. The largest absolute Gasteiger partial charge is 0.416 e. The van der Waals surface area contributed by atoms with Crippen molar-refractivity contribution in [2.24, 2.45) is 0 Å². The summed E-state index contributed by atoms with van der Waals surface area (Å²) in [4.78, 5) is 8.51. The summed E-state index contributed by atoms with van der Waals surface area (Å²) in [6.07, 6.45) is -0.964. The molecule has 0 spiro atoms. The molecule has 1 aromatic carbocycles. The lowest BCUT2D eigenvalue weighted by molar-refractivity contribution is -0.137. The van der Waals surface area contributed by atoms with E-state index in [2.05, 4.69) is 20.4 Å². The van der Waals surface area contributed by atoms with Gasteiger partial charge in [0, 0.05) is 35.0 Å². The van der Waals surface area contributed by atoms with E-state index in [0.29, 0.717) is 22.3 Å². The minimum Gasteiger partial charge on any atom is -0.338 e. The summed E-state index contributed by atoms with van der Waals surface area (Å²) >= 11 is 1.39. The predicted molar refractivity (Wildman–Crippen MR) is 95.6 cm³/mol. The Morgan fingerprint density at radius 3 is 2.52 bits per heavy atom. The smallest absolute Gasteiger partial charge is 0.338 e. The Morgan fingerprint density at radius 1 is 1.00 bits per heavy atom. The number of alkyl halides is 3. The van der Waals surface area contributed by atoms with Gasteiger partial charge in [-0.25, -0.2) is 4.98 Å². The molecule has 9 heteroatoms. The van der Waals surface area contributed by atoms with Crippen LogP contribution < -0.4 is 5.32 Å². The average Bonchev–Trinajstić information content (AvgIpc) is 3.32. The minimum atomic E-state index is -4.37. The Labute approximate surface area is 155 Å². The normalized spacial score (nSPS) is 11.5. The van der Waals surface area contributed by atoms with Crippen LogP contribution in [0.5, 0.6) is 0 Å². The molecular formula is C18H11F3N4OS. The molecule has 4 aromatic rings. The van der Waals surface area contributed by atoms with Crippen molar-refractivity contribution in [2.75, 3.05) is 5.32 Å². The maximum atomic E-state index is 12.6. The van der Waals surface area contributed by atoms with Crippen LogP contribution in [-0.4, -0.2) is 15.1 Å². The van der Waals surface area contributed by atoms with Crippen molar-refractivity contribution in [1.29, 1.82) is 0 Å². The van der Waals surface area contributed by atoms with Crippen LogP contribution in [0, 0.1) is 0 Å². The zero-order valence-electron chi connectivity index (χ0n) is 13.6. The first-order chi connectivity index (χ1) is 13.0. The Balaban J connectivity index is 1.49. The third kappa shape index (κ3) is 3.82. The molecular weight excluding hydrogens is 377 g/mol. The van der Waals surface area contributed by atoms with Crippen molar-refractivity contribution >= 4 is 22.4 Å². The van der Waals surface area contributed by atoms with E-state index in [4.69, 9.17) is 4.52 Å². The Morgan fingerprint density at radius 2 is 1.81 bits per heavy atom. The number of nitrogens with zero attached hydrogens (tertiary/aromatic N) is 3. The van der Waals surface area contributed by atoms with Gasteiger partial charge >= 0.3 is 6.18 Å². The van der Waals surface area contributed by atoms with E-state index in [1.807, 2.05) is 17.5 Å². The molecule has 0 atom stereocenters. The quantitative estimate of drug-likeness (QED) is 0.491. The highest BCUT2D eigenvalue weighted by atomic mass is 32.1. The number of nitrogens with one attached hydrogen (secondary N) is 1. The van der Waals surface area contributed by atoms with Crippen molar-refractivity contribution in [3.8, 4) is 22.5 Å². The van der Waals surface area contributed by atoms with E-state index >= 15 is 0 Å². The van der Waals surface area contributed by atoms with Crippen LogP contribution in [0.25, 0.3) is 22.5 Å². The average molecular weight is 388 g/mol. The molecule has 3 aromatic heterocycles. The van der Waals surface area contributed by atoms with Crippen LogP contribution in [0.15, 0.2) is 64.8 Å². The molecule has 0 saturated heterocycles. The second kappa shape index (κ2) is 6.84. The van der Waals surface area contributed by atoms with E-state index in [1.54, 1.807) is 18.5 Å². The van der Waals surface area contributed by atoms with Crippen LogP contribution in [0.3, 0.4) is 0 Å². The van der Waals surface area contributed by atoms with Crippen LogP contribution in [-0.2, 0) is 6.18 Å². The third-order valence-corrected chi connectivity index (χ3v) is 4.47. The van der Waals surface area contributed by atoms with Crippen molar-refractivity contribution in [3.63, 3.8) is 0 Å². The summed E-state index contributed by atoms with van der Waals surface area (Å²) in [5.74, 6) is 0.344. The number of pyridine rings is 1. The maximum absolute atomic E-state index is 12.6. The second-order valence-electron chi connectivity index (χ2n) is 5.56. The van der Waals surface area contributed by atoms with E-state index in [9.17, 15) is 13.2 Å². The SMILES string of the molecule is FC(F)(F)c1ccc(-c2cc(Nc3nc(-c4cccnc4)cs3)on2)cc1. The van der Waals surface area contributed by atoms with E-state index < -0.39 is 11.7 Å². The lowest BCUT2D eigenvalue weighted by Crippen LogP contribution is -2.03. The van der Waals surface area contributed by atoms with Gasteiger partial charge in [0.2, 0.25) is 5.88 Å². The lowest BCUT2D eigenvalue weighted by atomic mass is 10.1. The highest BCUT2D eigenvalue weighted by Gasteiger charge is 2.30. The topological polar surface area (TPSA) is 63.8 Å². The molecule has 4 rings (SSSR count). The number of anilines is 2. The van der Waals surface area contributed by atoms with Gasteiger partial charge in [-0.2, -0.15) is 13.2 Å². The van der Waals surface area contributed by atoms with E-state index in [-0.39, 0.29) is 0 Å². The summed E-state index contributed by atoms with van der Waals surface area (Å²) < 4.78 is 43.1. The van der Waals surface area contributed by atoms with Crippen molar-refractivity contribution < 1.29 is 17.7 Å². The molecule has 0 radical (unpaired) electrons. The van der Waals surface area contributed by atoms with Crippen LogP contribution in [0.4, 0.5) is 24.2 Å². The van der Waals surface area contributed by atoms with Gasteiger partial charge in [0.15, 0.2) is 5.13 Å². The zero-order valence-corrected chi connectivity index (χ0v) is 14.4. The van der Waals surface area contributed by atoms with E-state index in [1.165, 1.54) is 23.5 Å². The summed E-state index contributed by atoms with van der Waals surface area (Å²) in [6.45, 7) is 0. The van der Waals surface area contributed by atoms with Crippen molar-refractivity contribution in [1.82, 2.24) is 15.1 Å². The molecule has 3 heterocycles. The number of hydrogen-bond donors (Lipinski definition) is 1. The molecule has 27 heavy (non-hydrogen) atoms. The highest BCUT2D eigenvalue weighted by molar-refractivity contribution is 7.14. The first-order valence-corrected chi connectivity index (χ1v) is 8.64. The van der Waals surface area contributed by atoms with Crippen LogP contribution in [0.1, 0.15) is 5.56 Å². The number of aromatic nitrogens is 3. The monoisotopic (exact) mass is 388 g/mol. The third-order valence-electron chi connectivity index (χ3n) is 3.71. The molecule has 0 aliphatic heterocycles. The standard InChI is InChI=1S/C18H11F3N4OS/c19-18(20,21)13-5-3-11(4-6-13)14-8-16(26-25-14)24-17-23-15(10-27-17)12-2-1-7-22-9-12/h1-10H,(H,23,24). The number of benzene rings is 1. The van der Waals surface area contributed by atoms with Gasteiger partial charge in [-0.3, -0.25) is 10.3 Å². The van der Waals surface area contributed by atoms with Crippen LogP contribution in [0.2, 0.25) is 0 Å². The number of halogens is 3. The molecule has 0 unspecified atom stereocenters. The summed E-state index contributed by atoms with van der Waals surface area (Å²) in [7, 11) is 0. The molecule has 5 nitrogen and oxygen atoms in total. The molecule has 0 aliphatic carbocycles. The van der Waals surface area contributed by atoms with E-state index in [0.717, 1.165) is 23.4 Å². The molecule has 1 N–H and O–H groups in total. The number of thiazole rings is 1. The van der Waals surface area contributed by atoms with Gasteiger partial charge in [0.1, 0.15) is 5.69 Å². The number of hydrogen-bond acceptors (Lipinski definition) is 6. The maximum Gasteiger partial charge on any atom is 0.416 e. The summed E-state index contributed by atoms with van der Waals surface area (Å²) in [5.41, 5.74) is 1.91. The second-order valence-corrected chi connectivity index (χ2v) is 6.41. The molecule has 0 fully saturated rings. The van der Waals surface area contributed by atoms with Gasteiger partial charge in [-0.05, 0) is 24.3 Å². The lowest BCUT2D eigenvalue weighted by Gasteiger charge is -2.06. The summed E-state index contributed by atoms with van der Waals surface area (Å²) in [5, 5.41) is 9.37. The fourth-order valence-electron chi connectivity index (χ4n) is 2.38. The number of rotatable bonds is 4. The van der Waals surface area contributed by atoms with Crippen LogP contribution >= 0.6 is 11.3 Å². The zero-order chi connectivity index (χ0) is 18.9. The first-order valence-electron chi connectivity index (χ1n) is 7.76. The van der Waals surface area contributed by atoms with Gasteiger partial charge in [-0.15, -0.1) is 11.3 Å².